The average Bonchev–Trinajstić information content (AvgIpc) is 2.45. The molecule has 3 rings (SSSR count). The van der Waals surface area contributed by atoms with Crippen LogP contribution in [-0.4, -0.2) is 17.7 Å². The molecule has 122 valence electrons. The van der Waals surface area contributed by atoms with E-state index < -0.39 is 29.1 Å². The lowest BCUT2D eigenvalue weighted by atomic mass is 9.64. The van der Waals surface area contributed by atoms with Gasteiger partial charge in [0, 0.05) is 19.8 Å². The van der Waals surface area contributed by atoms with Crippen LogP contribution in [0, 0.1) is 11.2 Å². The van der Waals surface area contributed by atoms with Crippen LogP contribution in [0.25, 0.3) is 0 Å². The van der Waals surface area contributed by atoms with Gasteiger partial charge in [0.15, 0.2) is 5.41 Å². The Balaban J connectivity index is 2.09. The van der Waals surface area contributed by atoms with Gasteiger partial charge in [-0.1, -0.05) is 23.8 Å². The second-order valence-electron chi connectivity index (χ2n) is 6.71. The van der Waals surface area contributed by atoms with E-state index in [9.17, 15) is 14.0 Å². The van der Waals surface area contributed by atoms with Crippen LogP contribution in [0.15, 0.2) is 35.9 Å². The number of allylic oxidation sites excluding steroid dienone is 2. The molecule has 1 atom stereocenters. The summed E-state index contributed by atoms with van der Waals surface area (Å²) in [6, 6.07) is 5.89. The molecule has 0 aromatic heterocycles. The number of rotatable bonds is 1. The van der Waals surface area contributed by atoms with E-state index in [-0.39, 0.29) is 12.2 Å². The molecule has 23 heavy (non-hydrogen) atoms. The predicted molar refractivity (Wildman–Crippen MR) is 80.8 cm³/mol. The van der Waals surface area contributed by atoms with Crippen molar-refractivity contribution in [3.63, 3.8) is 0 Å². The smallest absolute Gasteiger partial charge is 0.327 e. The summed E-state index contributed by atoms with van der Waals surface area (Å²) in [5, 5.41) is 0. The highest BCUT2D eigenvalue weighted by Gasteiger charge is 2.61. The number of cyclic esters (lactones) is 2. The molecule has 1 fully saturated rings. The fraction of sp³-hybridized carbons (Fsp3) is 0.444. The van der Waals surface area contributed by atoms with Crippen LogP contribution in [-0.2, 0) is 19.1 Å². The first-order valence-electron chi connectivity index (χ1n) is 7.62. The van der Waals surface area contributed by atoms with Gasteiger partial charge in [-0.25, -0.2) is 4.39 Å². The van der Waals surface area contributed by atoms with Crippen molar-refractivity contribution in [1.82, 2.24) is 0 Å². The highest BCUT2D eigenvalue weighted by molar-refractivity contribution is 6.03. The normalized spacial score (nSPS) is 25.6. The Morgan fingerprint density at radius 1 is 1.09 bits per heavy atom. The molecule has 1 aromatic carbocycles. The van der Waals surface area contributed by atoms with E-state index in [2.05, 4.69) is 0 Å². The van der Waals surface area contributed by atoms with Gasteiger partial charge in [-0.3, -0.25) is 9.59 Å². The zero-order valence-corrected chi connectivity index (χ0v) is 13.4. The Morgan fingerprint density at radius 2 is 1.65 bits per heavy atom. The first-order chi connectivity index (χ1) is 10.7. The second kappa shape index (κ2) is 5.18. The molecule has 1 saturated heterocycles. The molecule has 0 bridgehead atoms. The van der Waals surface area contributed by atoms with Crippen LogP contribution in [0.4, 0.5) is 4.39 Å². The number of carbonyl (C=O) groups excluding carboxylic acids is 2. The minimum absolute atomic E-state index is 0.231. The van der Waals surface area contributed by atoms with Crippen molar-refractivity contribution in [3.8, 4) is 0 Å². The SMILES string of the molecule is CC1=CCC2(C(=O)OC(C)(C)OC2=O)C(c2ccc(F)cc2)C1. The lowest BCUT2D eigenvalue weighted by Gasteiger charge is -2.45. The van der Waals surface area contributed by atoms with Crippen molar-refractivity contribution in [1.29, 1.82) is 0 Å². The lowest BCUT2D eigenvalue weighted by Crippen LogP contribution is -2.57. The largest absolute Gasteiger partial charge is 0.422 e. The van der Waals surface area contributed by atoms with E-state index in [0.29, 0.717) is 6.42 Å². The molecule has 5 heteroatoms. The summed E-state index contributed by atoms with van der Waals surface area (Å²) in [6.45, 7) is 5.02. The van der Waals surface area contributed by atoms with Crippen LogP contribution in [0.3, 0.4) is 0 Å². The molecule has 0 saturated carbocycles. The van der Waals surface area contributed by atoms with Crippen molar-refractivity contribution >= 4 is 11.9 Å². The number of esters is 2. The van der Waals surface area contributed by atoms with Crippen LogP contribution in [0.1, 0.15) is 45.1 Å². The molecule has 4 nitrogen and oxygen atoms in total. The van der Waals surface area contributed by atoms with Gasteiger partial charge in [0.25, 0.3) is 5.79 Å². The summed E-state index contributed by atoms with van der Waals surface area (Å²) in [5.41, 5.74) is 0.412. The third kappa shape index (κ3) is 2.54. The van der Waals surface area contributed by atoms with Gasteiger partial charge in [0.05, 0.1) is 0 Å². The topological polar surface area (TPSA) is 52.6 Å². The summed E-state index contributed by atoms with van der Waals surface area (Å²) >= 11 is 0. The molecule has 0 radical (unpaired) electrons. The van der Waals surface area contributed by atoms with E-state index in [1.54, 1.807) is 12.1 Å². The van der Waals surface area contributed by atoms with Gasteiger partial charge in [0.2, 0.25) is 0 Å². The van der Waals surface area contributed by atoms with Crippen molar-refractivity contribution < 1.29 is 23.5 Å². The van der Waals surface area contributed by atoms with Crippen molar-refractivity contribution in [2.45, 2.75) is 45.3 Å². The zero-order valence-electron chi connectivity index (χ0n) is 13.4. The van der Waals surface area contributed by atoms with Crippen molar-refractivity contribution in [2.75, 3.05) is 0 Å². The summed E-state index contributed by atoms with van der Waals surface area (Å²) in [5.74, 6) is -3.19. The first kappa shape index (κ1) is 15.7. The molecule has 1 unspecified atom stereocenters. The van der Waals surface area contributed by atoms with E-state index in [4.69, 9.17) is 9.47 Å². The van der Waals surface area contributed by atoms with Crippen molar-refractivity contribution in [2.24, 2.45) is 5.41 Å². The maximum Gasteiger partial charge on any atom is 0.327 e. The number of halogens is 1. The highest BCUT2D eigenvalue weighted by Crippen LogP contribution is 2.51. The van der Waals surface area contributed by atoms with Crippen LogP contribution in [0.5, 0.6) is 0 Å². The molecular formula is C18H19FO4. The van der Waals surface area contributed by atoms with E-state index in [0.717, 1.165) is 11.1 Å². The third-order valence-electron chi connectivity index (χ3n) is 4.57. The van der Waals surface area contributed by atoms with Crippen LogP contribution in [0.2, 0.25) is 0 Å². The minimum atomic E-state index is -1.40. The second-order valence-corrected chi connectivity index (χ2v) is 6.71. The summed E-state index contributed by atoms with van der Waals surface area (Å²) < 4.78 is 24.0. The van der Waals surface area contributed by atoms with Crippen LogP contribution >= 0.6 is 0 Å². The molecular weight excluding hydrogens is 299 g/mol. The Bertz CT molecular complexity index is 667. The molecule has 1 spiro atoms. The Morgan fingerprint density at radius 3 is 2.22 bits per heavy atom. The Kier molecular flexibility index (Phi) is 3.54. The molecule has 0 N–H and O–H groups in total. The van der Waals surface area contributed by atoms with Gasteiger partial charge >= 0.3 is 11.9 Å². The average molecular weight is 318 g/mol. The molecule has 2 aliphatic rings. The van der Waals surface area contributed by atoms with Crippen molar-refractivity contribution in [3.05, 3.63) is 47.3 Å². The third-order valence-corrected chi connectivity index (χ3v) is 4.57. The summed E-state index contributed by atoms with van der Waals surface area (Å²) in [4.78, 5) is 25.5. The fourth-order valence-corrected chi connectivity index (χ4v) is 3.34. The van der Waals surface area contributed by atoms with Gasteiger partial charge in [-0.2, -0.15) is 0 Å². The molecule has 1 aliphatic heterocycles. The first-order valence-corrected chi connectivity index (χ1v) is 7.62. The summed E-state index contributed by atoms with van der Waals surface area (Å²) in [7, 11) is 0. The quantitative estimate of drug-likeness (QED) is 0.452. The van der Waals surface area contributed by atoms with Gasteiger partial charge < -0.3 is 9.47 Å². The van der Waals surface area contributed by atoms with Gasteiger partial charge in [0.1, 0.15) is 5.82 Å². The minimum Gasteiger partial charge on any atom is -0.422 e. The monoisotopic (exact) mass is 318 g/mol. The number of ether oxygens (including phenoxy) is 2. The number of hydrogen-bond donors (Lipinski definition) is 0. The maximum absolute atomic E-state index is 13.2. The standard InChI is InChI=1S/C18H19FO4/c1-11-8-9-18(15(20)22-17(2,3)23-16(18)21)14(10-11)12-4-6-13(19)7-5-12/h4-8,14H,9-10H2,1-3H3. The summed E-state index contributed by atoms with van der Waals surface area (Å²) in [6.07, 6.45) is 2.63. The maximum atomic E-state index is 13.2. The van der Waals surface area contributed by atoms with E-state index in [1.165, 1.54) is 26.0 Å². The van der Waals surface area contributed by atoms with E-state index in [1.807, 2.05) is 13.0 Å². The predicted octanol–water partition coefficient (Wildman–Crippen LogP) is 3.47. The fourth-order valence-electron chi connectivity index (χ4n) is 3.34. The van der Waals surface area contributed by atoms with Gasteiger partial charge in [-0.15, -0.1) is 0 Å². The molecule has 1 aliphatic carbocycles. The number of carbonyl (C=O) groups is 2. The molecule has 1 heterocycles. The van der Waals surface area contributed by atoms with Crippen LogP contribution < -0.4 is 0 Å². The molecule has 1 aromatic rings. The van der Waals surface area contributed by atoms with E-state index >= 15 is 0 Å². The zero-order chi connectivity index (χ0) is 16.8. The molecule has 0 amide bonds. The number of hydrogen-bond acceptors (Lipinski definition) is 4. The Hall–Kier alpha value is -2.17. The van der Waals surface area contributed by atoms with Gasteiger partial charge in [-0.05, 0) is 37.5 Å². The number of benzene rings is 1. The lowest BCUT2D eigenvalue weighted by molar-refractivity contribution is -0.253. The Labute approximate surface area is 134 Å². The highest BCUT2D eigenvalue weighted by atomic mass is 19.1.